The molecular weight excluding hydrogens is 220 g/mol. The Bertz CT molecular complexity index is 438. The predicted octanol–water partition coefficient (Wildman–Crippen LogP) is 3.13. The molecule has 0 radical (unpaired) electrons. The average molecular weight is 236 g/mol. The van der Waals surface area contributed by atoms with Crippen LogP contribution in [0.2, 0.25) is 0 Å². The molecule has 2 rings (SSSR count). The van der Waals surface area contributed by atoms with Gasteiger partial charge in [0.05, 0.1) is 0 Å². The summed E-state index contributed by atoms with van der Waals surface area (Å²) in [6, 6.07) is 2.81. The molecule has 0 amide bonds. The van der Waals surface area contributed by atoms with Crippen molar-refractivity contribution < 1.29 is 19.1 Å². The lowest BCUT2D eigenvalue weighted by molar-refractivity contribution is 0.0653. The van der Waals surface area contributed by atoms with Crippen molar-refractivity contribution in [1.82, 2.24) is 0 Å². The largest absolute Gasteiger partial charge is 0.475 e. The Morgan fingerprint density at radius 2 is 1.88 bits per heavy atom. The maximum Gasteiger partial charge on any atom is 0.371 e. The molecule has 92 valence electrons. The molecule has 0 aliphatic heterocycles. The summed E-state index contributed by atoms with van der Waals surface area (Å²) in [5.41, 5.74) is -0.326. The highest BCUT2D eigenvalue weighted by Crippen LogP contribution is 2.43. The first kappa shape index (κ1) is 11.9. The van der Waals surface area contributed by atoms with Gasteiger partial charge in [0.15, 0.2) is 5.76 Å². The number of rotatable bonds is 4. The SMILES string of the molecule is CCC1(C(=O)c2ccc(C(=O)O)o2)CCCC1. The van der Waals surface area contributed by atoms with E-state index in [4.69, 9.17) is 9.52 Å². The van der Waals surface area contributed by atoms with E-state index in [1.807, 2.05) is 6.92 Å². The minimum atomic E-state index is -1.14. The van der Waals surface area contributed by atoms with Gasteiger partial charge in [0.2, 0.25) is 11.5 Å². The van der Waals surface area contributed by atoms with Gasteiger partial charge in [-0.1, -0.05) is 19.8 Å². The third-order valence-corrected chi connectivity index (χ3v) is 3.76. The van der Waals surface area contributed by atoms with E-state index < -0.39 is 5.97 Å². The molecule has 1 heterocycles. The van der Waals surface area contributed by atoms with Crippen LogP contribution in [0.5, 0.6) is 0 Å². The minimum Gasteiger partial charge on any atom is -0.475 e. The van der Waals surface area contributed by atoms with Crippen molar-refractivity contribution in [2.45, 2.75) is 39.0 Å². The van der Waals surface area contributed by atoms with Crippen LogP contribution in [0, 0.1) is 5.41 Å². The third kappa shape index (κ3) is 1.99. The summed E-state index contributed by atoms with van der Waals surface area (Å²) in [6.45, 7) is 2.00. The highest BCUT2D eigenvalue weighted by molar-refractivity contribution is 5.99. The molecule has 1 fully saturated rings. The van der Waals surface area contributed by atoms with Crippen molar-refractivity contribution in [3.63, 3.8) is 0 Å². The zero-order valence-corrected chi connectivity index (χ0v) is 9.86. The molecule has 1 aliphatic rings. The highest BCUT2D eigenvalue weighted by Gasteiger charge is 2.41. The van der Waals surface area contributed by atoms with Gasteiger partial charge in [0.25, 0.3) is 0 Å². The molecule has 1 aliphatic carbocycles. The number of carboxylic acids is 1. The maximum absolute atomic E-state index is 12.3. The van der Waals surface area contributed by atoms with Gasteiger partial charge >= 0.3 is 5.97 Å². The van der Waals surface area contributed by atoms with Gasteiger partial charge in [0.1, 0.15) is 0 Å². The van der Waals surface area contributed by atoms with E-state index in [2.05, 4.69) is 0 Å². The number of furan rings is 1. The van der Waals surface area contributed by atoms with Crippen LogP contribution in [-0.2, 0) is 0 Å². The van der Waals surface area contributed by atoms with Crippen LogP contribution < -0.4 is 0 Å². The molecule has 1 aromatic heterocycles. The summed E-state index contributed by atoms with van der Waals surface area (Å²) in [6.07, 6.45) is 4.67. The number of hydrogen-bond acceptors (Lipinski definition) is 3. The van der Waals surface area contributed by atoms with Crippen LogP contribution in [0.25, 0.3) is 0 Å². The first-order chi connectivity index (χ1) is 8.09. The Morgan fingerprint density at radius 1 is 1.29 bits per heavy atom. The maximum atomic E-state index is 12.3. The van der Waals surface area contributed by atoms with Crippen LogP contribution in [0.4, 0.5) is 0 Å². The van der Waals surface area contributed by atoms with Gasteiger partial charge in [0, 0.05) is 5.41 Å². The quantitative estimate of drug-likeness (QED) is 0.815. The Balaban J connectivity index is 2.26. The van der Waals surface area contributed by atoms with Crippen molar-refractivity contribution in [1.29, 1.82) is 0 Å². The Hall–Kier alpha value is -1.58. The molecule has 1 N–H and O–H groups in total. The molecular formula is C13H16O4. The van der Waals surface area contributed by atoms with E-state index >= 15 is 0 Å². The number of carbonyl (C=O) groups excluding carboxylic acids is 1. The molecule has 0 spiro atoms. The van der Waals surface area contributed by atoms with Crippen molar-refractivity contribution in [2.75, 3.05) is 0 Å². The van der Waals surface area contributed by atoms with Crippen LogP contribution in [0.1, 0.15) is 60.1 Å². The van der Waals surface area contributed by atoms with Crippen LogP contribution in [-0.4, -0.2) is 16.9 Å². The lowest BCUT2D eigenvalue weighted by Crippen LogP contribution is -2.26. The van der Waals surface area contributed by atoms with Gasteiger partial charge in [-0.15, -0.1) is 0 Å². The topological polar surface area (TPSA) is 67.5 Å². The van der Waals surface area contributed by atoms with Gasteiger partial charge in [-0.3, -0.25) is 4.79 Å². The van der Waals surface area contributed by atoms with E-state index in [-0.39, 0.29) is 22.7 Å². The van der Waals surface area contributed by atoms with Crippen LogP contribution in [0.15, 0.2) is 16.5 Å². The normalized spacial score (nSPS) is 18.2. The fourth-order valence-electron chi connectivity index (χ4n) is 2.63. The van der Waals surface area contributed by atoms with Crippen molar-refractivity contribution in [3.8, 4) is 0 Å². The summed E-state index contributed by atoms with van der Waals surface area (Å²) in [5, 5.41) is 8.76. The fourth-order valence-corrected chi connectivity index (χ4v) is 2.63. The lowest BCUT2D eigenvalue weighted by atomic mass is 9.78. The summed E-state index contributed by atoms with van der Waals surface area (Å²) in [4.78, 5) is 23.1. The van der Waals surface area contributed by atoms with Crippen LogP contribution in [0.3, 0.4) is 0 Å². The number of carboxylic acid groups (broad SMARTS) is 1. The first-order valence-corrected chi connectivity index (χ1v) is 5.97. The zero-order valence-electron chi connectivity index (χ0n) is 9.86. The molecule has 0 bridgehead atoms. The summed E-state index contributed by atoms with van der Waals surface area (Å²) in [5.74, 6) is -1.16. The van der Waals surface area contributed by atoms with Gasteiger partial charge in [-0.05, 0) is 31.4 Å². The predicted molar refractivity (Wildman–Crippen MR) is 61.2 cm³/mol. The summed E-state index contributed by atoms with van der Waals surface area (Å²) >= 11 is 0. The summed E-state index contributed by atoms with van der Waals surface area (Å²) < 4.78 is 5.10. The second-order valence-electron chi connectivity index (χ2n) is 4.64. The smallest absolute Gasteiger partial charge is 0.371 e. The van der Waals surface area contributed by atoms with Crippen molar-refractivity contribution in [2.24, 2.45) is 5.41 Å². The van der Waals surface area contributed by atoms with E-state index in [0.29, 0.717) is 0 Å². The fraction of sp³-hybridized carbons (Fsp3) is 0.538. The second kappa shape index (κ2) is 4.35. The minimum absolute atomic E-state index is 0.0370. The number of hydrogen-bond donors (Lipinski definition) is 1. The molecule has 0 unspecified atom stereocenters. The first-order valence-electron chi connectivity index (χ1n) is 5.97. The highest BCUT2D eigenvalue weighted by atomic mass is 16.4. The Labute approximate surface area is 99.6 Å². The molecule has 17 heavy (non-hydrogen) atoms. The summed E-state index contributed by atoms with van der Waals surface area (Å²) in [7, 11) is 0. The molecule has 4 nitrogen and oxygen atoms in total. The Kier molecular flexibility index (Phi) is 3.05. The second-order valence-corrected chi connectivity index (χ2v) is 4.64. The molecule has 0 atom stereocenters. The van der Waals surface area contributed by atoms with Crippen molar-refractivity contribution >= 4 is 11.8 Å². The molecule has 0 saturated heterocycles. The van der Waals surface area contributed by atoms with E-state index in [1.54, 1.807) is 0 Å². The van der Waals surface area contributed by atoms with E-state index in [0.717, 1.165) is 32.1 Å². The molecule has 1 aromatic rings. The number of Topliss-reactive ketones (excluding diaryl/α,β-unsaturated/α-hetero) is 1. The number of carbonyl (C=O) groups is 2. The average Bonchev–Trinajstić information content (AvgIpc) is 2.98. The third-order valence-electron chi connectivity index (χ3n) is 3.76. The zero-order chi connectivity index (χ0) is 12.5. The number of ketones is 1. The molecule has 0 aromatic carbocycles. The van der Waals surface area contributed by atoms with Crippen LogP contribution >= 0.6 is 0 Å². The van der Waals surface area contributed by atoms with Gasteiger partial charge < -0.3 is 9.52 Å². The monoisotopic (exact) mass is 236 g/mol. The number of aromatic carboxylic acids is 1. The molecule has 4 heteroatoms. The van der Waals surface area contributed by atoms with E-state index in [9.17, 15) is 9.59 Å². The van der Waals surface area contributed by atoms with E-state index in [1.165, 1.54) is 12.1 Å². The van der Waals surface area contributed by atoms with Crippen molar-refractivity contribution in [3.05, 3.63) is 23.7 Å². The van der Waals surface area contributed by atoms with Gasteiger partial charge in [-0.25, -0.2) is 4.79 Å². The van der Waals surface area contributed by atoms with Gasteiger partial charge in [-0.2, -0.15) is 0 Å². The standard InChI is InChI=1S/C13H16O4/c1-2-13(7-3-4-8-13)11(14)9-5-6-10(17-9)12(15)16/h5-6H,2-4,7-8H2,1H3,(H,15,16). The lowest BCUT2D eigenvalue weighted by Gasteiger charge is -2.24. The Morgan fingerprint density at radius 3 is 2.35 bits per heavy atom. The molecule has 1 saturated carbocycles.